The van der Waals surface area contributed by atoms with Gasteiger partial charge in [0, 0.05) is 34.0 Å². The van der Waals surface area contributed by atoms with Crippen LogP contribution in [0.4, 0.5) is 15.8 Å². The first-order chi connectivity index (χ1) is 14.2. The molecule has 4 nitrogen and oxygen atoms in total. The second-order valence-electron chi connectivity index (χ2n) is 8.23. The maximum absolute atomic E-state index is 15.0. The molecule has 1 amide bonds. The molecular formula is C24H25ClFN3O. The van der Waals surface area contributed by atoms with Gasteiger partial charge in [-0.2, -0.15) is 5.26 Å². The van der Waals surface area contributed by atoms with E-state index in [1.54, 1.807) is 30.3 Å². The Labute approximate surface area is 182 Å². The first-order valence-electron chi connectivity index (χ1n) is 9.96. The highest BCUT2D eigenvalue weighted by Crippen LogP contribution is 2.44. The summed E-state index contributed by atoms with van der Waals surface area (Å²) >= 11 is 5.93. The topological polar surface area (TPSA) is 56.1 Å². The second-order valence-corrected chi connectivity index (χ2v) is 8.67. The molecule has 2 aromatic rings. The smallest absolute Gasteiger partial charge is 0.266 e. The predicted molar refractivity (Wildman–Crippen MR) is 120 cm³/mol. The molecule has 1 aliphatic rings. The molecule has 0 aromatic heterocycles. The fourth-order valence-corrected chi connectivity index (χ4v) is 4.49. The molecule has 0 radical (unpaired) electrons. The van der Waals surface area contributed by atoms with Crippen molar-refractivity contribution in [2.45, 2.75) is 45.6 Å². The lowest BCUT2D eigenvalue weighted by atomic mass is 9.79. The SMILES string of the molecule is CCN1c2cc(F)c(/C=C(\C#N)C(=O)Nc3cccc(Cl)c3)cc2C(C)CC1(C)C. The maximum Gasteiger partial charge on any atom is 0.266 e. The number of nitrogens with one attached hydrogen (secondary N) is 1. The lowest BCUT2D eigenvalue weighted by Crippen LogP contribution is -2.48. The highest BCUT2D eigenvalue weighted by Gasteiger charge is 2.36. The van der Waals surface area contributed by atoms with Gasteiger partial charge in [-0.3, -0.25) is 4.79 Å². The molecule has 2 aromatic carbocycles. The second kappa shape index (κ2) is 8.49. The third-order valence-electron chi connectivity index (χ3n) is 5.57. The molecule has 1 N–H and O–H groups in total. The van der Waals surface area contributed by atoms with Crippen LogP contribution in [0.3, 0.4) is 0 Å². The van der Waals surface area contributed by atoms with Crippen molar-refractivity contribution in [3.63, 3.8) is 0 Å². The number of nitrogens with zero attached hydrogens (tertiary/aromatic N) is 2. The van der Waals surface area contributed by atoms with Crippen LogP contribution in [0.1, 0.15) is 51.2 Å². The molecule has 156 valence electrons. The standard InChI is InChI=1S/C24H25ClFN3O/c1-5-29-22-12-21(26)16(10-20(22)15(2)13-24(29,3)4)9-17(14-27)23(30)28-19-8-6-7-18(25)11-19/h6-12,15H,5,13H2,1-4H3,(H,28,30)/b17-9+. The van der Waals surface area contributed by atoms with Crippen molar-refractivity contribution in [2.24, 2.45) is 0 Å². The number of hydrogen-bond acceptors (Lipinski definition) is 3. The molecule has 1 unspecified atom stereocenters. The lowest BCUT2D eigenvalue weighted by Gasteiger charge is -2.47. The summed E-state index contributed by atoms with van der Waals surface area (Å²) in [5.41, 5.74) is 2.35. The number of amides is 1. The minimum atomic E-state index is -0.610. The number of anilines is 2. The average molecular weight is 426 g/mol. The van der Waals surface area contributed by atoms with E-state index in [2.05, 4.69) is 37.9 Å². The highest BCUT2D eigenvalue weighted by molar-refractivity contribution is 6.31. The van der Waals surface area contributed by atoms with Gasteiger partial charge in [0.15, 0.2) is 0 Å². The Hall–Kier alpha value is -2.84. The molecule has 3 rings (SSSR count). The average Bonchev–Trinajstić information content (AvgIpc) is 2.66. The first-order valence-corrected chi connectivity index (χ1v) is 10.3. The van der Waals surface area contributed by atoms with Crippen LogP contribution in [0.5, 0.6) is 0 Å². The van der Waals surface area contributed by atoms with Gasteiger partial charge >= 0.3 is 0 Å². The van der Waals surface area contributed by atoms with E-state index in [1.807, 2.05) is 6.07 Å². The van der Waals surface area contributed by atoms with Gasteiger partial charge in [0.05, 0.1) is 0 Å². The normalized spacial score (nSPS) is 17.8. The van der Waals surface area contributed by atoms with Crippen molar-refractivity contribution < 1.29 is 9.18 Å². The van der Waals surface area contributed by atoms with Crippen LogP contribution >= 0.6 is 11.6 Å². The third-order valence-corrected chi connectivity index (χ3v) is 5.80. The summed E-state index contributed by atoms with van der Waals surface area (Å²) in [4.78, 5) is 14.7. The van der Waals surface area contributed by atoms with E-state index < -0.39 is 11.7 Å². The molecule has 6 heteroatoms. The van der Waals surface area contributed by atoms with E-state index in [1.165, 1.54) is 12.1 Å². The maximum atomic E-state index is 15.0. The highest BCUT2D eigenvalue weighted by atomic mass is 35.5. The van der Waals surface area contributed by atoms with E-state index in [9.17, 15) is 14.4 Å². The zero-order valence-electron chi connectivity index (χ0n) is 17.6. The Morgan fingerprint density at radius 2 is 2.13 bits per heavy atom. The molecular weight excluding hydrogens is 401 g/mol. The van der Waals surface area contributed by atoms with Gasteiger partial charge in [-0.25, -0.2) is 4.39 Å². The van der Waals surface area contributed by atoms with Gasteiger partial charge in [0.25, 0.3) is 5.91 Å². The van der Waals surface area contributed by atoms with Crippen LogP contribution in [0, 0.1) is 17.1 Å². The van der Waals surface area contributed by atoms with Crippen LogP contribution < -0.4 is 10.2 Å². The Balaban J connectivity index is 1.97. The van der Waals surface area contributed by atoms with Crippen LogP contribution in [0.2, 0.25) is 5.02 Å². The molecule has 0 spiro atoms. The molecule has 0 saturated heterocycles. The van der Waals surface area contributed by atoms with E-state index in [-0.39, 0.29) is 22.6 Å². The first kappa shape index (κ1) is 21.9. The largest absolute Gasteiger partial charge is 0.366 e. The van der Waals surface area contributed by atoms with Crippen molar-refractivity contribution in [1.82, 2.24) is 0 Å². The molecule has 0 aliphatic carbocycles. The van der Waals surface area contributed by atoms with Crippen LogP contribution in [-0.4, -0.2) is 18.0 Å². The van der Waals surface area contributed by atoms with Crippen molar-refractivity contribution in [3.05, 3.63) is 63.9 Å². The summed E-state index contributed by atoms with van der Waals surface area (Å²) < 4.78 is 15.0. The van der Waals surface area contributed by atoms with Gasteiger partial charge in [0.1, 0.15) is 17.5 Å². The van der Waals surface area contributed by atoms with Crippen molar-refractivity contribution in [1.29, 1.82) is 5.26 Å². The van der Waals surface area contributed by atoms with Crippen molar-refractivity contribution in [2.75, 3.05) is 16.8 Å². The monoisotopic (exact) mass is 425 g/mol. The van der Waals surface area contributed by atoms with Crippen LogP contribution in [0.15, 0.2) is 42.0 Å². The third kappa shape index (κ3) is 4.34. The Morgan fingerprint density at radius 3 is 2.77 bits per heavy atom. The molecule has 1 aliphatic heterocycles. The number of fused-ring (bicyclic) bond motifs is 1. The molecule has 0 bridgehead atoms. The van der Waals surface area contributed by atoms with Gasteiger partial charge < -0.3 is 10.2 Å². The summed E-state index contributed by atoms with van der Waals surface area (Å²) in [6, 6.07) is 11.8. The number of halogens is 2. The van der Waals surface area contributed by atoms with Crippen LogP contribution in [-0.2, 0) is 4.79 Å². The van der Waals surface area contributed by atoms with E-state index in [0.29, 0.717) is 10.7 Å². The summed E-state index contributed by atoms with van der Waals surface area (Å²) in [5.74, 6) is -0.835. The van der Waals surface area contributed by atoms with Gasteiger partial charge in [0.2, 0.25) is 0 Å². The Bertz CT molecular complexity index is 1050. The minimum Gasteiger partial charge on any atom is -0.366 e. The zero-order chi connectivity index (χ0) is 22.1. The number of benzene rings is 2. The Kier molecular flexibility index (Phi) is 6.19. The number of carbonyl (C=O) groups excluding carboxylic acids is 1. The summed E-state index contributed by atoms with van der Waals surface area (Å²) in [6.07, 6.45) is 2.24. The molecule has 0 fully saturated rings. The fourth-order valence-electron chi connectivity index (χ4n) is 4.30. The van der Waals surface area contributed by atoms with Crippen LogP contribution in [0.25, 0.3) is 6.08 Å². The van der Waals surface area contributed by atoms with Gasteiger partial charge in [-0.1, -0.05) is 24.6 Å². The lowest BCUT2D eigenvalue weighted by molar-refractivity contribution is -0.112. The van der Waals surface area contributed by atoms with Crippen molar-refractivity contribution >= 4 is 35.0 Å². The number of nitriles is 1. The van der Waals surface area contributed by atoms with E-state index >= 15 is 0 Å². The number of hydrogen-bond donors (Lipinski definition) is 1. The van der Waals surface area contributed by atoms with Crippen molar-refractivity contribution in [3.8, 4) is 6.07 Å². The number of rotatable bonds is 4. The minimum absolute atomic E-state index is 0.0698. The predicted octanol–water partition coefficient (Wildman–Crippen LogP) is 6.14. The molecule has 1 heterocycles. The van der Waals surface area contributed by atoms with E-state index in [0.717, 1.165) is 24.2 Å². The molecule has 30 heavy (non-hydrogen) atoms. The summed E-state index contributed by atoms with van der Waals surface area (Å²) in [5, 5.41) is 12.6. The van der Waals surface area contributed by atoms with Gasteiger partial charge in [-0.15, -0.1) is 0 Å². The van der Waals surface area contributed by atoms with Gasteiger partial charge in [-0.05, 0) is 75.1 Å². The molecule has 0 saturated carbocycles. The molecule has 1 atom stereocenters. The Morgan fingerprint density at radius 1 is 1.40 bits per heavy atom. The zero-order valence-corrected chi connectivity index (χ0v) is 18.3. The van der Waals surface area contributed by atoms with E-state index in [4.69, 9.17) is 11.6 Å². The summed E-state index contributed by atoms with van der Waals surface area (Å²) in [7, 11) is 0. The fraction of sp³-hybridized carbons (Fsp3) is 0.333. The summed E-state index contributed by atoms with van der Waals surface area (Å²) in [6.45, 7) is 9.27. The number of carbonyl (C=O) groups is 1. The quantitative estimate of drug-likeness (QED) is 0.473.